The summed E-state index contributed by atoms with van der Waals surface area (Å²) in [6.07, 6.45) is 0. The van der Waals surface area contributed by atoms with Crippen LogP contribution in [0.2, 0.25) is 10.0 Å². The number of aryl methyl sites for hydroxylation is 2. The second-order valence-electron chi connectivity index (χ2n) is 6.65. The molecule has 0 fully saturated rings. The van der Waals surface area contributed by atoms with Crippen LogP contribution in [0, 0.1) is 13.8 Å². The van der Waals surface area contributed by atoms with Crippen LogP contribution in [0.5, 0.6) is 0 Å². The van der Waals surface area contributed by atoms with Crippen molar-refractivity contribution in [2.45, 2.75) is 13.8 Å². The predicted octanol–water partition coefficient (Wildman–Crippen LogP) is 6.12. The molecule has 0 spiro atoms. The van der Waals surface area contributed by atoms with Gasteiger partial charge in [0.05, 0.1) is 21.4 Å². The number of nitrogens with one attached hydrogen (secondary N) is 1. The van der Waals surface area contributed by atoms with E-state index in [-0.39, 0.29) is 16.4 Å². The van der Waals surface area contributed by atoms with Crippen LogP contribution in [0.25, 0.3) is 21.9 Å². The monoisotopic (exact) mass is 411 g/mol. The van der Waals surface area contributed by atoms with E-state index in [4.69, 9.17) is 27.6 Å². The maximum absolute atomic E-state index is 12.8. The Morgan fingerprint density at radius 3 is 2.36 bits per heavy atom. The molecule has 6 heteroatoms. The number of rotatable bonds is 2. The summed E-state index contributed by atoms with van der Waals surface area (Å²) in [6.45, 7) is 3.92. The molecular weight excluding hydrogens is 397 g/mol. The first kappa shape index (κ1) is 18.5. The second kappa shape index (κ2) is 6.97. The fourth-order valence-corrected chi connectivity index (χ4v) is 3.55. The first-order valence-corrected chi connectivity index (χ1v) is 9.33. The largest absolute Gasteiger partial charge is 0.456 e. The average molecular weight is 412 g/mol. The third kappa shape index (κ3) is 3.26. The highest BCUT2D eigenvalue weighted by molar-refractivity contribution is 6.37. The molecule has 0 unspecified atom stereocenters. The summed E-state index contributed by atoms with van der Waals surface area (Å²) in [5.41, 5.74) is 3.69. The summed E-state index contributed by atoms with van der Waals surface area (Å²) in [6, 6.07) is 13.3. The Morgan fingerprint density at radius 2 is 1.61 bits per heavy atom. The lowest BCUT2D eigenvalue weighted by Crippen LogP contribution is -2.12. The summed E-state index contributed by atoms with van der Waals surface area (Å²) in [4.78, 5) is 25.3. The number of amides is 1. The lowest BCUT2D eigenvalue weighted by Gasteiger charge is -2.09. The number of fused-ring (bicyclic) bond motifs is 2. The fourth-order valence-electron chi connectivity index (χ4n) is 3.06. The van der Waals surface area contributed by atoms with Crippen molar-refractivity contribution in [2.75, 3.05) is 5.32 Å². The fraction of sp³-hybridized carbons (Fsp3) is 0.0909. The topological polar surface area (TPSA) is 59.3 Å². The van der Waals surface area contributed by atoms with E-state index in [0.717, 1.165) is 11.1 Å². The molecular formula is C22H15Cl2NO3. The van der Waals surface area contributed by atoms with E-state index in [1.165, 1.54) is 6.07 Å². The molecule has 0 aliphatic carbocycles. The van der Waals surface area contributed by atoms with Crippen LogP contribution < -0.4 is 10.7 Å². The molecule has 0 bridgehead atoms. The molecule has 1 heterocycles. The maximum atomic E-state index is 12.8. The summed E-state index contributed by atoms with van der Waals surface area (Å²) in [5, 5.41) is 4.48. The quantitative estimate of drug-likeness (QED) is 0.404. The molecule has 4 nitrogen and oxygen atoms in total. The molecule has 0 radical (unpaired) electrons. The SMILES string of the molecule is Cc1cc2oc3cc(NC(=O)c4ccc(Cl)cc4Cl)ccc3c(=O)c2cc1C. The minimum atomic E-state index is -0.379. The van der Waals surface area contributed by atoms with Crippen molar-refractivity contribution in [1.82, 2.24) is 0 Å². The van der Waals surface area contributed by atoms with Gasteiger partial charge in [-0.3, -0.25) is 9.59 Å². The number of hydrogen-bond donors (Lipinski definition) is 1. The molecule has 0 saturated heterocycles. The van der Waals surface area contributed by atoms with Crippen molar-refractivity contribution in [3.63, 3.8) is 0 Å². The smallest absolute Gasteiger partial charge is 0.257 e. The number of carbonyl (C=O) groups is 1. The van der Waals surface area contributed by atoms with Gasteiger partial charge in [-0.25, -0.2) is 0 Å². The van der Waals surface area contributed by atoms with E-state index in [1.807, 2.05) is 26.0 Å². The number of anilines is 1. The lowest BCUT2D eigenvalue weighted by atomic mass is 10.1. The van der Waals surface area contributed by atoms with Gasteiger partial charge in [0.2, 0.25) is 5.43 Å². The molecule has 1 N–H and O–H groups in total. The number of halogens is 2. The summed E-state index contributed by atoms with van der Waals surface area (Å²) in [7, 11) is 0. The van der Waals surface area contributed by atoms with Gasteiger partial charge in [-0.05, 0) is 67.4 Å². The molecule has 0 atom stereocenters. The van der Waals surface area contributed by atoms with E-state index in [2.05, 4.69) is 5.32 Å². The van der Waals surface area contributed by atoms with E-state index in [9.17, 15) is 9.59 Å². The van der Waals surface area contributed by atoms with Crippen LogP contribution in [0.1, 0.15) is 21.5 Å². The Balaban J connectivity index is 1.77. The minimum Gasteiger partial charge on any atom is -0.456 e. The summed E-state index contributed by atoms with van der Waals surface area (Å²) in [5.74, 6) is -0.379. The Morgan fingerprint density at radius 1 is 0.893 bits per heavy atom. The molecule has 0 saturated carbocycles. The maximum Gasteiger partial charge on any atom is 0.257 e. The van der Waals surface area contributed by atoms with Crippen molar-refractivity contribution >= 4 is 56.7 Å². The third-order valence-electron chi connectivity index (χ3n) is 4.72. The second-order valence-corrected chi connectivity index (χ2v) is 7.50. The van der Waals surface area contributed by atoms with Crippen LogP contribution in [-0.4, -0.2) is 5.91 Å². The van der Waals surface area contributed by atoms with Gasteiger partial charge in [0.1, 0.15) is 11.2 Å². The van der Waals surface area contributed by atoms with Gasteiger partial charge in [0.15, 0.2) is 0 Å². The number of hydrogen-bond acceptors (Lipinski definition) is 3. The Bertz CT molecular complexity index is 1330. The van der Waals surface area contributed by atoms with E-state index in [0.29, 0.717) is 38.2 Å². The van der Waals surface area contributed by atoms with Gasteiger partial charge >= 0.3 is 0 Å². The predicted molar refractivity (Wildman–Crippen MR) is 114 cm³/mol. The minimum absolute atomic E-state index is 0.0991. The van der Waals surface area contributed by atoms with Crippen molar-refractivity contribution in [3.05, 3.63) is 85.5 Å². The summed E-state index contributed by atoms with van der Waals surface area (Å²) >= 11 is 12.0. The lowest BCUT2D eigenvalue weighted by molar-refractivity contribution is 0.102. The molecule has 0 aliphatic heterocycles. The zero-order chi connectivity index (χ0) is 20.0. The Kier molecular flexibility index (Phi) is 4.61. The Labute approximate surface area is 170 Å². The highest BCUT2D eigenvalue weighted by Crippen LogP contribution is 2.25. The van der Waals surface area contributed by atoms with Gasteiger partial charge in [-0.15, -0.1) is 0 Å². The molecule has 3 aromatic carbocycles. The molecule has 140 valence electrons. The molecule has 0 aliphatic rings. The first-order chi connectivity index (χ1) is 13.3. The zero-order valence-electron chi connectivity index (χ0n) is 15.1. The zero-order valence-corrected chi connectivity index (χ0v) is 16.6. The van der Waals surface area contributed by atoms with Crippen molar-refractivity contribution in [1.29, 1.82) is 0 Å². The van der Waals surface area contributed by atoms with Crippen LogP contribution in [0.15, 0.2) is 57.7 Å². The van der Waals surface area contributed by atoms with E-state index in [1.54, 1.807) is 30.3 Å². The van der Waals surface area contributed by atoms with Gasteiger partial charge in [0.25, 0.3) is 5.91 Å². The molecule has 4 rings (SSSR count). The van der Waals surface area contributed by atoms with Gasteiger partial charge in [-0.1, -0.05) is 23.2 Å². The highest BCUT2D eigenvalue weighted by atomic mass is 35.5. The molecule has 4 aromatic rings. The first-order valence-electron chi connectivity index (χ1n) is 8.58. The Hall–Kier alpha value is -2.82. The standard InChI is InChI=1S/C22H15Cl2NO3/c1-11-7-17-19(8-12(11)2)28-20-10-14(4-6-16(20)21(17)26)25-22(27)15-5-3-13(23)9-18(15)24/h3-10H,1-2H3,(H,25,27). The van der Waals surface area contributed by atoms with Crippen molar-refractivity contribution < 1.29 is 9.21 Å². The third-order valence-corrected chi connectivity index (χ3v) is 5.27. The van der Waals surface area contributed by atoms with Crippen LogP contribution in [0.4, 0.5) is 5.69 Å². The van der Waals surface area contributed by atoms with E-state index < -0.39 is 0 Å². The normalized spacial score (nSPS) is 11.1. The molecule has 1 amide bonds. The molecule has 1 aromatic heterocycles. The van der Waals surface area contributed by atoms with Crippen molar-refractivity contribution in [2.24, 2.45) is 0 Å². The van der Waals surface area contributed by atoms with Crippen LogP contribution >= 0.6 is 23.2 Å². The van der Waals surface area contributed by atoms with E-state index >= 15 is 0 Å². The van der Waals surface area contributed by atoms with Gasteiger partial charge in [-0.2, -0.15) is 0 Å². The van der Waals surface area contributed by atoms with Crippen LogP contribution in [-0.2, 0) is 0 Å². The van der Waals surface area contributed by atoms with Gasteiger partial charge < -0.3 is 9.73 Å². The van der Waals surface area contributed by atoms with Crippen molar-refractivity contribution in [3.8, 4) is 0 Å². The molecule has 28 heavy (non-hydrogen) atoms. The van der Waals surface area contributed by atoms with Crippen LogP contribution in [0.3, 0.4) is 0 Å². The average Bonchev–Trinajstić information content (AvgIpc) is 2.63. The van der Waals surface area contributed by atoms with Gasteiger partial charge in [0, 0.05) is 16.8 Å². The summed E-state index contributed by atoms with van der Waals surface area (Å²) < 4.78 is 5.94. The number of benzene rings is 3. The number of carbonyl (C=O) groups excluding carboxylic acids is 1. The highest BCUT2D eigenvalue weighted by Gasteiger charge is 2.13.